The van der Waals surface area contributed by atoms with Gasteiger partial charge >= 0.3 is 0 Å². The minimum absolute atomic E-state index is 0.174. The van der Waals surface area contributed by atoms with E-state index in [1.54, 1.807) is 6.07 Å². The van der Waals surface area contributed by atoms with Crippen molar-refractivity contribution in [2.24, 2.45) is 11.1 Å². The molecule has 1 aliphatic rings. The van der Waals surface area contributed by atoms with Crippen LogP contribution in [0.2, 0.25) is 10.0 Å². The van der Waals surface area contributed by atoms with Gasteiger partial charge < -0.3 is 10.3 Å². The molecule has 0 radical (unpaired) electrons. The summed E-state index contributed by atoms with van der Waals surface area (Å²) >= 11 is 11.9. The lowest BCUT2D eigenvalue weighted by Gasteiger charge is -2.39. The molecule has 0 unspecified atom stereocenters. The van der Waals surface area contributed by atoms with Gasteiger partial charge in [-0.15, -0.1) is 0 Å². The quantitative estimate of drug-likeness (QED) is 0.911. The third-order valence-electron chi connectivity index (χ3n) is 4.23. The second-order valence-corrected chi connectivity index (χ2v) is 6.58. The Bertz CT molecular complexity index is 632. The second kappa shape index (κ2) is 5.95. The summed E-state index contributed by atoms with van der Waals surface area (Å²) in [5.41, 5.74) is 7.04. The van der Waals surface area contributed by atoms with E-state index in [1.165, 1.54) is 6.42 Å². The molecule has 0 saturated heterocycles. The van der Waals surface area contributed by atoms with E-state index in [2.05, 4.69) is 10.1 Å². The number of benzene rings is 1. The normalized spacial score (nSPS) is 16.7. The molecule has 1 fully saturated rings. The monoisotopic (exact) mass is 325 g/mol. The van der Waals surface area contributed by atoms with Crippen molar-refractivity contribution in [1.82, 2.24) is 10.1 Å². The molecule has 2 N–H and O–H groups in total. The molecular weight excluding hydrogens is 309 g/mol. The zero-order valence-corrected chi connectivity index (χ0v) is 13.1. The van der Waals surface area contributed by atoms with Crippen molar-refractivity contribution in [1.29, 1.82) is 0 Å². The van der Waals surface area contributed by atoms with Crippen LogP contribution < -0.4 is 5.73 Å². The molecule has 112 valence electrons. The Balaban J connectivity index is 1.68. The fourth-order valence-corrected chi connectivity index (χ4v) is 3.04. The third kappa shape index (κ3) is 3.23. The van der Waals surface area contributed by atoms with Crippen molar-refractivity contribution < 1.29 is 4.52 Å². The van der Waals surface area contributed by atoms with Gasteiger partial charge in [0.15, 0.2) is 5.82 Å². The molecule has 6 heteroatoms. The van der Waals surface area contributed by atoms with Gasteiger partial charge in [0.1, 0.15) is 0 Å². The van der Waals surface area contributed by atoms with Crippen molar-refractivity contribution in [2.45, 2.75) is 32.1 Å². The third-order valence-corrected chi connectivity index (χ3v) is 4.97. The molecule has 21 heavy (non-hydrogen) atoms. The number of nitrogens with zero attached hydrogens (tertiary/aromatic N) is 2. The topological polar surface area (TPSA) is 64.9 Å². The van der Waals surface area contributed by atoms with Crippen LogP contribution in [0.25, 0.3) is 0 Å². The summed E-state index contributed by atoms with van der Waals surface area (Å²) in [5.74, 6) is 1.34. The molecular formula is C15H17Cl2N3O. The number of aromatic nitrogens is 2. The average molecular weight is 326 g/mol. The Morgan fingerprint density at radius 3 is 2.67 bits per heavy atom. The lowest BCUT2D eigenvalue weighted by atomic mass is 9.67. The van der Waals surface area contributed by atoms with Crippen LogP contribution in [0.15, 0.2) is 22.7 Å². The number of hydrogen-bond donors (Lipinski definition) is 1. The Morgan fingerprint density at radius 1 is 1.24 bits per heavy atom. The maximum atomic E-state index is 6.01. The molecule has 0 aliphatic heterocycles. The molecule has 1 aromatic heterocycles. The van der Waals surface area contributed by atoms with Gasteiger partial charge in [0.05, 0.1) is 10.0 Å². The second-order valence-electron chi connectivity index (χ2n) is 5.76. The van der Waals surface area contributed by atoms with E-state index in [4.69, 9.17) is 33.5 Å². The van der Waals surface area contributed by atoms with Crippen LogP contribution in [-0.4, -0.2) is 16.7 Å². The van der Waals surface area contributed by atoms with E-state index >= 15 is 0 Å². The Hall–Kier alpha value is -1.10. The van der Waals surface area contributed by atoms with Gasteiger partial charge in [0.25, 0.3) is 0 Å². The number of rotatable bonds is 5. The predicted molar refractivity (Wildman–Crippen MR) is 82.6 cm³/mol. The highest BCUT2D eigenvalue weighted by atomic mass is 35.5. The number of halogens is 2. The first-order valence-electron chi connectivity index (χ1n) is 7.06. The fraction of sp³-hybridized carbons (Fsp3) is 0.467. The number of hydrogen-bond acceptors (Lipinski definition) is 4. The molecule has 3 rings (SSSR count). The van der Waals surface area contributed by atoms with Gasteiger partial charge in [-0.25, -0.2) is 0 Å². The van der Waals surface area contributed by atoms with Crippen molar-refractivity contribution in [3.63, 3.8) is 0 Å². The van der Waals surface area contributed by atoms with Crippen LogP contribution in [-0.2, 0) is 12.8 Å². The van der Waals surface area contributed by atoms with Gasteiger partial charge in [-0.1, -0.05) is 40.8 Å². The van der Waals surface area contributed by atoms with E-state index in [9.17, 15) is 0 Å². The van der Waals surface area contributed by atoms with E-state index in [0.717, 1.165) is 24.8 Å². The van der Waals surface area contributed by atoms with Crippen molar-refractivity contribution >= 4 is 23.2 Å². The van der Waals surface area contributed by atoms with Crippen molar-refractivity contribution in [3.05, 3.63) is 45.5 Å². The highest BCUT2D eigenvalue weighted by molar-refractivity contribution is 6.42. The molecule has 4 nitrogen and oxygen atoms in total. The maximum Gasteiger partial charge on any atom is 0.227 e. The highest BCUT2D eigenvalue weighted by Crippen LogP contribution is 2.42. The van der Waals surface area contributed by atoms with Crippen molar-refractivity contribution in [2.75, 3.05) is 6.54 Å². The SMILES string of the molecule is NCC1(Cc2nc(Cc3ccc(Cl)c(Cl)c3)no2)CCC1. The summed E-state index contributed by atoms with van der Waals surface area (Å²) in [6.45, 7) is 0.678. The Kier molecular flexibility index (Phi) is 4.20. The van der Waals surface area contributed by atoms with Crippen LogP contribution in [0.4, 0.5) is 0 Å². The van der Waals surface area contributed by atoms with E-state index in [0.29, 0.717) is 34.7 Å². The van der Waals surface area contributed by atoms with E-state index in [1.807, 2.05) is 12.1 Å². The van der Waals surface area contributed by atoms with Gasteiger partial charge in [0, 0.05) is 12.8 Å². The first-order valence-corrected chi connectivity index (χ1v) is 7.81. The van der Waals surface area contributed by atoms with Gasteiger partial charge in [-0.2, -0.15) is 4.98 Å². The molecule has 1 aliphatic carbocycles. The Morgan fingerprint density at radius 2 is 2.05 bits per heavy atom. The molecule has 2 aromatic rings. The first-order chi connectivity index (χ1) is 10.1. The zero-order chi connectivity index (χ0) is 14.9. The minimum Gasteiger partial charge on any atom is -0.339 e. The fourth-order valence-electron chi connectivity index (χ4n) is 2.72. The predicted octanol–water partition coefficient (Wildman–Crippen LogP) is 3.64. The molecule has 1 heterocycles. The Labute approximate surface area is 133 Å². The van der Waals surface area contributed by atoms with Crippen LogP contribution >= 0.6 is 23.2 Å². The minimum atomic E-state index is 0.174. The van der Waals surface area contributed by atoms with Gasteiger partial charge in [-0.3, -0.25) is 0 Å². The van der Waals surface area contributed by atoms with Gasteiger partial charge in [0.2, 0.25) is 5.89 Å². The van der Waals surface area contributed by atoms with Crippen LogP contribution in [0.5, 0.6) is 0 Å². The molecule has 1 aromatic carbocycles. The molecule has 0 amide bonds. The molecule has 0 spiro atoms. The standard InChI is InChI=1S/C15H17Cl2N3O/c16-11-3-2-10(6-12(11)17)7-13-19-14(21-20-13)8-15(9-18)4-1-5-15/h2-3,6H,1,4-5,7-9,18H2. The lowest BCUT2D eigenvalue weighted by Crippen LogP contribution is -2.39. The summed E-state index contributed by atoms with van der Waals surface area (Å²) in [6, 6.07) is 5.52. The highest BCUT2D eigenvalue weighted by Gasteiger charge is 2.37. The lowest BCUT2D eigenvalue weighted by molar-refractivity contribution is 0.129. The van der Waals surface area contributed by atoms with E-state index < -0.39 is 0 Å². The largest absolute Gasteiger partial charge is 0.339 e. The smallest absolute Gasteiger partial charge is 0.227 e. The summed E-state index contributed by atoms with van der Waals surface area (Å²) in [4.78, 5) is 4.46. The summed E-state index contributed by atoms with van der Waals surface area (Å²) in [6.07, 6.45) is 4.89. The molecule has 0 atom stereocenters. The van der Waals surface area contributed by atoms with E-state index in [-0.39, 0.29) is 5.41 Å². The summed E-state index contributed by atoms with van der Waals surface area (Å²) < 4.78 is 5.35. The summed E-state index contributed by atoms with van der Waals surface area (Å²) in [7, 11) is 0. The molecule has 1 saturated carbocycles. The maximum absolute atomic E-state index is 6.01. The first kappa shape index (κ1) is 14.8. The zero-order valence-electron chi connectivity index (χ0n) is 11.6. The van der Waals surface area contributed by atoms with Crippen LogP contribution in [0.1, 0.15) is 36.5 Å². The van der Waals surface area contributed by atoms with Gasteiger partial charge in [-0.05, 0) is 42.5 Å². The molecule has 0 bridgehead atoms. The van der Waals surface area contributed by atoms with Crippen molar-refractivity contribution in [3.8, 4) is 0 Å². The number of nitrogens with two attached hydrogens (primary N) is 1. The average Bonchev–Trinajstić information content (AvgIpc) is 2.85. The van der Waals surface area contributed by atoms with Crippen LogP contribution in [0, 0.1) is 5.41 Å². The summed E-state index contributed by atoms with van der Waals surface area (Å²) in [5, 5.41) is 5.12. The van der Waals surface area contributed by atoms with Crippen LogP contribution in [0.3, 0.4) is 0 Å².